The number of H-pyrrole nitrogens is 1. The number of aromatic amines is 1. The molecule has 0 amide bonds. The van der Waals surface area contributed by atoms with E-state index >= 15 is 0 Å². The highest BCUT2D eigenvalue weighted by atomic mass is 16.6. The summed E-state index contributed by atoms with van der Waals surface area (Å²) in [5.74, 6) is -1.66. The Balaban J connectivity index is 2.40. The predicted molar refractivity (Wildman–Crippen MR) is 73.3 cm³/mol. The standard InChI is InChI=1S/C14H6N2O6/c17-11-12(18)16(21)10-5-2-1-3-6-9(5)7(4-8(10)15-11)14(20)22-13(6)19/h1-4,21H,(H,15,17). The SMILES string of the molecule is O=C1OC(=O)c2cc3[nH]c(=O)c(=O)n(O)c3c3cccc1c23. The minimum atomic E-state index is -1.15. The molecule has 8 nitrogen and oxygen atoms in total. The van der Waals surface area contributed by atoms with Crippen LogP contribution in [0.4, 0.5) is 0 Å². The van der Waals surface area contributed by atoms with E-state index < -0.39 is 23.1 Å². The maximum Gasteiger partial charge on any atom is 0.349 e. The van der Waals surface area contributed by atoms with Gasteiger partial charge in [-0.25, -0.2) is 9.59 Å². The fourth-order valence-corrected chi connectivity index (χ4v) is 2.69. The van der Waals surface area contributed by atoms with Gasteiger partial charge in [-0.1, -0.05) is 12.1 Å². The van der Waals surface area contributed by atoms with Crippen molar-refractivity contribution in [3.8, 4) is 0 Å². The summed E-state index contributed by atoms with van der Waals surface area (Å²) in [5.41, 5.74) is -1.87. The van der Waals surface area contributed by atoms with Gasteiger partial charge in [0, 0.05) is 10.8 Å². The fraction of sp³-hybridized carbons (Fsp3) is 0. The number of benzene rings is 2. The summed E-state index contributed by atoms with van der Waals surface area (Å²) in [6.07, 6.45) is 0. The third-order valence-corrected chi connectivity index (χ3v) is 3.60. The van der Waals surface area contributed by atoms with Gasteiger partial charge in [0.05, 0.1) is 16.6 Å². The zero-order chi connectivity index (χ0) is 15.6. The molecular weight excluding hydrogens is 292 g/mol. The van der Waals surface area contributed by atoms with Crippen LogP contribution < -0.4 is 11.1 Å². The summed E-state index contributed by atoms with van der Waals surface area (Å²) in [7, 11) is 0. The molecule has 4 rings (SSSR count). The van der Waals surface area contributed by atoms with Crippen LogP contribution in [-0.4, -0.2) is 26.9 Å². The number of cyclic esters (lactones) is 2. The van der Waals surface area contributed by atoms with Gasteiger partial charge in [0.1, 0.15) is 5.52 Å². The highest BCUT2D eigenvalue weighted by Gasteiger charge is 2.29. The Morgan fingerprint density at radius 1 is 1.05 bits per heavy atom. The zero-order valence-corrected chi connectivity index (χ0v) is 10.7. The first-order chi connectivity index (χ1) is 10.5. The number of nitrogens with zero attached hydrogens (tertiary/aromatic N) is 1. The molecule has 108 valence electrons. The molecule has 1 aliphatic rings. The van der Waals surface area contributed by atoms with Crippen LogP contribution in [0, 0.1) is 0 Å². The smallest absolute Gasteiger partial charge is 0.349 e. The molecule has 0 bridgehead atoms. The van der Waals surface area contributed by atoms with Crippen LogP contribution in [0.2, 0.25) is 0 Å². The van der Waals surface area contributed by atoms with Crippen LogP contribution in [0.25, 0.3) is 21.8 Å². The van der Waals surface area contributed by atoms with Crippen molar-refractivity contribution < 1.29 is 19.5 Å². The molecule has 2 aromatic carbocycles. The number of hydrogen-bond donors (Lipinski definition) is 2. The Kier molecular flexibility index (Phi) is 2.14. The summed E-state index contributed by atoms with van der Waals surface area (Å²) < 4.78 is 4.84. The fourth-order valence-electron chi connectivity index (χ4n) is 2.69. The minimum Gasteiger partial charge on any atom is -0.425 e. The Hall–Kier alpha value is -3.42. The second kappa shape index (κ2) is 3.82. The monoisotopic (exact) mass is 298 g/mol. The van der Waals surface area contributed by atoms with E-state index in [4.69, 9.17) is 0 Å². The molecule has 8 heteroatoms. The molecular formula is C14H6N2O6. The lowest BCUT2D eigenvalue weighted by molar-refractivity contribution is 0.0391. The topological polar surface area (TPSA) is 118 Å². The number of ether oxygens (including phenoxy) is 1. The lowest BCUT2D eigenvalue weighted by Gasteiger charge is -2.17. The Bertz CT molecular complexity index is 1140. The average molecular weight is 298 g/mol. The van der Waals surface area contributed by atoms with Crippen LogP contribution >= 0.6 is 0 Å². The number of carbonyl (C=O) groups is 2. The number of nitrogens with one attached hydrogen (secondary N) is 1. The maximum atomic E-state index is 11.9. The third kappa shape index (κ3) is 1.35. The van der Waals surface area contributed by atoms with Crippen LogP contribution in [-0.2, 0) is 4.74 Å². The molecule has 0 fully saturated rings. The van der Waals surface area contributed by atoms with E-state index in [2.05, 4.69) is 9.72 Å². The van der Waals surface area contributed by atoms with Crippen LogP contribution in [0.5, 0.6) is 0 Å². The van der Waals surface area contributed by atoms with Crippen LogP contribution in [0.3, 0.4) is 0 Å². The molecule has 2 N–H and O–H groups in total. The molecule has 22 heavy (non-hydrogen) atoms. The van der Waals surface area contributed by atoms with E-state index in [1.165, 1.54) is 24.3 Å². The first-order valence-electron chi connectivity index (χ1n) is 6.19. The minimum absolute atomic E-state index is 0.00713. The van der Waals surface area contributed by atoms with E-state index in [-0.39, 0.29) is 37.7 Å². The highest BCUT2D eigenvalue weighted by Crippen LogP contribution is 2.32. The van der Waals surface area contributed by atoms with E-state index in [0.29, 0.717) is 0 Å². The summed E-state index contributed by atoms with van der Waals surface area (Å²) in [6.45, 7) is 0. The van der Waals surface area contributed by atoms with Gasteiger partial charge < -0.3 is 14.9 Å². The van der Waals surface area contributed by atoms with Gasteiger partial charge in [-0.2, -0.15) is 0 Å². The second-order valence-corrected chi connectivity index (χ2v) is 4.80. The van der Waals surface area contributed by atoms with Gasteiger partial charge in [0.2, 0.25) is 0 Å². The Morgan fingerprint density at radius 2 is 1.77 bits per heavy atom. The number of esters is 2. The van der Waals surface area contributed by atoms with Gasteiger partial charge >= 0.3 is 23.1 Å². The van der Waals surface area contributed by atoms with Crippen LogP contribution in [0.15, 0.2) is 33.9 Å². The summed E-state index contributed by atoms with van der Waals surface area (Å²) in [5, 5.41) is 10.5. The Morgan fingerprint density at radius 3 is 2.55 bits per heavy atom. The maximum absolute atomic E-state index is 11.9. The van der Waals surface area contributed by atoms with Gasteiger partial charge in [0.25, 0.3) is 0 Å². The van der Waals surface area contributed by atoms with Crippen molar-refractivity contribution in [1.29, 1.82) is 0 Å². The summed E-state index contributed by atoms with van der Waals surface area (Å²) in [4.78, 5) is 49.1. The largest absolute Gasteiger partial charge is 0.425 e. The van der Waals surface area contributed by atoms with E-state index in [1.54, 1.807) is 0 Å². The lowest BCUT2D eigenvalue weighted by Crippen LogP contribution is -2.35. The molecule has 3 aromatic rings. The molecule has 2 heterocycles. The Labute approximate surface area is 120 Å². The molecule has 0 radical (unpaired) electrons. The second-order valence-electron chi connectivity index (χ2n) is 4.80. The third-order valence-electron chi connectivity index (χ3n) is 3.60. The van der Waals surface area contributed by atoms with Crippen molar-refractivity contribution in [3.63, 3.8) is 0 Å². The van der Waals surface area contributed by atoms with Crippen molar-refractivity contribution in [1.82, 2.24) is 9.71 Å². The molecule has 0 atom stereocenters. The molecule has 1 aromatic heterocycles. The van der Waals surface area contributed by atoms with E-state index in [9.17, 15) is 24.4 Å². The molecule has 0 saturated carbocycles. The van der Waals surface area contributed by atoms with E-state index in [1.807, 2.05) is 0 Å². The lowest BCUT2D eigenvalue weighted by atomic mass is 9.96. The summed E-state index contributed by atoms with van der Waals surface area (Å²) >= 11 is 0. The summed E-state index contributed by atoms with van der Waals surface area (Å²) in [6, 6.07) is 5.79. The van der Waals surface area contributed by atoms with Crippen molar-refractivity contribution >= 4 is 33.7 Å². The van der Waals surface area contributed by atoms with Crippen molar-refractivity contribution in [2.45, 2.75) is 0 Å². The van der Waals surface area contributed by atoms with Crippen molar-refractivity contribution in [2.24, 2.45) is 0 Å². The van der Waals surface area contributed by atoms with Crippen molar-refractivity contribution in [2.75, 3.05) is 0 Å². The van der Waals surface area contributed by atoms with Gasteiger partial charge in [-0.3, -0.25) is 9.59 Å². The number of aromatic nitrogens is 2. The van der Waals surface area contributed by atoms with Crippen molar-refractivity contribution in [3.05, 3.63) is 56.1 Å². The quantitative estimate of drug-likeness (QED) is 0.204. The number of carbonyl (C=O) groups excluding carboxylic acids is 2. The zero-order valence-electron chi connectivity index (χ0n) is 10.7. The molecule has 0 saturated heterocycles. The molecule has 1 aliphatic heterocycles. The van der Waals surface area contributed by atoms with Crippen LogP contribution in [0.1, 0.15) is 20.7 Å². The number of fused-ring (bicyclic) bond motifs is 2. The van der Waals surface area contributed by atoms with Gasteiger partial charge in [0.15, 0.2) is 0 Å². The molecule has 0 aliphatic carbocycles. The highest BCUT2D eigenvalue weighted by molar-refractivity contribution is 6.25. The van der Waals surface area contributed by atoms with Gasteiger partial charge in [-0.15, -0.1) is 4.73 Å². The first-order valence-corrected chi connectivity index (χ1v) is 6.19. The van der Waals surface area contributed by atoms with Gasteiger partial charge in [-0.05, 0) is 12.1 Å². The first kappa shape index (κ1) is 12.3. The molecule has 0 spiro atoms. The number of rotatable bonds is 0. The molecule has 0 unspecified atom stereocenters. The normalized spacial score (nSPS) is 13.6. The number of hydrogen-bond acceptors (Lipinski definition) is 6. The predicted octanol–water partition coefficient (Wildman–Crippen LogP) is 0.391. The average Bonchev–Trinajstić information content (AvgIpc) is 2.49. The van der Waals surface area contributed by atoms with E-state index in [0.717, 1.165) is 0 Å².